The van der Waals surface area contributed by atoms with Gasteiger partial charge in [-0.1, -0.05) is 0 Å². The molecule has 0 unspecified atom stereocenters. The van der Waals surface area contributed by atoms with E-state index < -0.39 is 14.2 Å². The first kappa shape index (κ1) is 26.4. The van der Waals surface area contributed by atoms with E-state index in [2.05, 4.69) is 189 Å². The second kappa shape index (κ2) is 11.0. The molecule has 6 aromatic carbocycles. The first-order valence-corrected chi connectivity index (χ1v) is 18.5. The molecule has 0 aromatic heterocycles. The zero-order chi connectivity index (χ0) is 27.3. The van der Waals surface area contributed by atoms with Gasteiger partial charge in [0.15, 0.2) is 0 Å². The Hall–Kier alpha value is -3.86. The normalized spacial score (nSPS) is 13.2. The Kier molecular flexibility index (Phi) is 7.22. The van der Waals surface area contributed by atoms with Gasteiger partial charge < -0.3 is 0 Å². The Morgan fingerprint density at radius 3 is 0.825 bits per heavy atom. The molecule has 0 saturated carbocycles. The Morgan fingerprint density at radius 1 is 0.350 bits per heavy atom. The van der Waals surface area contributed by atoms with Gasteiger partial charge in [0, 0.05) is 0 Å². The van der Waals surface area contributed by atoms with E-state index in [0.29, 0.717) is 0 Å². The van der Waals surface area contributed by atoms with Crippen molar-refractivity contribution in [2.45, 2.75) is 0 Å². The van der Waals surface area contributed by atoms with Gasteiger partial charge in [0.05, 0.1) is 0 Å². The first-order valence-electron chi connectivity index (χ1n) is 13.8. The third kappa shape index (κ3) is 4.32. The molecule has 0 saturated heterocycles. The van der Waals surface area contributed by atoms with Gasteiger partial charge in [0.2, 0.25) is 0 Å². The Bertz CT molecular complexity index is 1460. The standard InChI is InChI=1S/C37H35NP2/c1-40(35-26-14-5-15-27-35,36-28-16-6-17-29-36,37-30-18-7-19-31-37)38-39(32-20-8-2-9-21-32,33-22-10-3-11-23-33)34-24-12-4-13-25-34/h2-31,38-39H,1H3. The fraction of sp³-hybridized carbons (Fsp3) is 0.0270. The van der Waals surface area contributed by atoms with Crippen molar-refractivity contribution < 1.29 is 0 Å². The van der Waals surface area contributed by atoms with Crippen LogP contribution in [0.5, 0.6) is 0 Å². The van der Waals surface area contributed by atoms with Crippen molar-refractivity contribution in [3.05, 3.63) is 182 Å². The molecule has 0 aliphatic heterocycles. The zero-order valence-electron chi connectivity index (χ0n) is 22.8. The summed E-state index contributed by atoms with van der Waals surface area (Å²) in [6, 6.07) is 66.8. The van der Waals surface area contributed by atoms with Gasteiger partial charge in [-0.05, 0) is 0 Å². The molecule has 0 bridgehead atoms. The van der Waals surface area contributed by atoms with Gasteiger partial charge in [-0.2, -0.15) is 0 Å². The van der Waals surface area contributed by atoms with Crippen LogP contribution in [0.3, 0.4) is 0 Å². The van der Waals surface area contributed by atoms with Crippen LogP contribution in [-0.2, 0) is 0 Å². The van der Waals surface area contributed by atoms with Crippen molar-refractivity contribution in [3.63, 3.8) is 0 Å². The van der Waals surface area contributed by atoms with Crippen LogP contribution in [0.2, 0.25) is 0 Å². The topological polar surface area (TPSA) is 12.0 Å². The summed E-state index contributed by atoms with van der Waals surface area (Å²) in [5.74, 6) is 0. The van der Waals surface area contributed by atoms with Crippen molar-refractivity contribution in [1.29, 1.82) is 0 Å². The monoisotopic (exact) mass is 555 g/mol. The second-order valence-corrected chi connectivity index (χ2v) is 19.3. The number of benzene rings is 6. The summed E-state index contributed by atoms with van der Waals surface area (Å²) < 4.78 is 0. The van der Waals surface area contributed by atoms with Crippen molar-refractivity contribution in [1.82, 2.24) is 4.86 Å². The third-order valence-electron chi connectivity index (χ3n) is 8.27. The summed E-state index contributed by atoms with van der Waals surface area (Å²) in [4.78, 5) is 4.72. The van der Waals surface area contributed by atoms with E-state index >= 15 is 0 Å². The molecule has 0 spiro atoms. The summed E-state index contributed by atoms with van der Waals surface area (Å²) in [7, 11) is -2.87. The molecule has 6 rings (SSSR count). The average Bonchev–Trinajstić information content (AvgIpc) is 3.06. The van der Waals surface area contributed by atoms with Gasteiger partial charge >= 0.3 is 240 Å². The van der Waals surface area contributed by atoms with Crippen LogP contribution in [-0.4, -0.2) is 6.66 Å². The summed E-state index contributed by atoms with van der Waals surface area (Å²) >= 11 is 0. The van der Waals surface area contributed by atoms with Gasteiger partial charge in [-0.15, -0.1) is 0 Å². The predicted octanol–water partition coefficient (Wildman–Crippen LogP) is 6.29. The first-order chi connectivity index (χ1) is 19.7. The molecule has 0 fully saturated rings. The molecule has 0 amide bonds. The van der Waals surface area contributed by atoms with E-state index in [9.17, 15) is 0 Å². The van der Waals surface area contributed by atoms with Gasteiger partial charge in [-0.25, -0.2) is 0 Å². The van der Waals surface area contributed by atoms with Crippen LogP contribution >= 0.6 is 14.2 Å². The van der Waals surface area contributed by atoms with E-state index in [4.69, 9.17) is 4.86 Å². The molecule has 0 aliphatic rings. The maximum absolute atomic E-state index is 4.72. The number of nitrogens with one attached hydrogen (secondary N) is 1. The average molecular weight is 556 g/mol. The van der Waals surface area contributed by atoms with Crippen molar-refractivity contribution >= 4 is 46.0 Å². The van der Waals surface area contributed by atoms with Crippen LogP contribution in [0.1, 0.15) is 0 Å². The molecule has 198 valence electrons. The molecule has 0 radical (unpaired) electrons. The molecule has 0 atom stereocenters. The SMILES string of the molecule is CP(N[PH](c1ccccc1)(c1ccccc1)c1ccccc1)(c1ccccc1)(c1ccccc1)c1ccccc1. The van der Waals surface area contributed by atoms with Crippen molar-refractivity contribution in [2.24, 2.45) is 0 Å². The maximum atomic E-state index is 4.72. The van der Waals surface area contributed by atoms with Crippen molar-refractivity contribution in [2.75, 3.05) is 6.66 Å². The zero-order valence-corrected chi connectivity index (χ0v) is 24.7. The molecule has 1 nitrogen and oxygen atoms in total. The third-order valence-corrected chi connectivity index (χ3v) is 20.2. The van der Waals surface area contributed by atoms with Gasteiger partial charge in [0.25, 0.3) is 0 Å². The molecule has 0 heterocycles. The Labute approximate surface area is 238 Å². The minimum atomic E-state index is -3.33. The van der Waals surface area contributed by atoms with Crippen LogP contribution < -0.4 is 36.7 Å². The van der Waals surface area contributed by atoms with E-state index in [-0.39, 0.29) is 0 Å². The molecule has 3 heteroatoms. The molecule has 1 N–H and O–H groups in total. The summed E-state index contributed by atoms with van der Waals surface area (Å²) in [5.41, 5.74) is 0. The second-order valence-electron chi connectivity index (χ2n) is 10.5. The van der Waals surface area contributed by atoms with E-state index in [1.807, 2.05) is 0 Å². The predicted molar refractivity (Wildman–Crippen MR) is 181 cm³/mol. The van der Waals surface area contributed by atoms with E-state index in [0.717, 1.165) is 0 Å². The van der Waals surface area contributed by atoms with Crippen molar-refractivity contribution in [3.8, 4) is 0 Å². The van der Waals surface area contributed by atoms with Crippen LogP contribution in [0.25, 0.3) is 0 Å². The van der Waals surface area contributed by atoms with Gasteiger partial charge in [0.1, 0.15) is 0 Å². The number of hydrogen-bond donors (Lipinski definition) is 1. The quantitative estimate of drug-likeness (QED) is 0.218. The van der Waals surface area contributed by atoms with Gasteiger partial charge in [-0.3, -0.25) is 0 Å². The van der Waals surface area contributed by atoms with E-state index in [1.54, 1.807) is 0 Å². The molecule has 6 aromatic rings. The Balaban J connectivity index is 1.81. The molecular weight excluding hydrogens is 520 g/mol. The van der Waals surface area contributed by atoms with Crippen LogP contribution in [0.15, 0.2) is 182 Å². The molecule has 0 aliphatic carbocycles. The molecule has 40 heavy (non-hydrogen) atoms. The summed E-state index contributed by atoms with van der Waals surface area (Å²) in [6.45, 7) is -0.815. The number of hydrogen-bond acceptors (Lipinski definition) is 1. The summed E-state index contributed by atoms with van der Waals surface area (Å²) in [5, 5.41) is 7.99. The Morgan fingerprint density at radius 2 is 0.575 bits per heavy atom. The fourth-order valence-electron chi connectivity index (χ4n) is 6.22. The van der Waals surface area contributed by atoms with Crippen LogP contribution in [0.4, 0.5) is 0 Å². The van der Waals surface area contributed by atoms with E-state index in [1.165, 1.54) is 31.8 Å². The molecular formula is C37H35NP2. The van der Waals surface area contributed by atoms with Crippen LogP contribution in [0, 0.1) is 0 Å². The fourth-order valence-corrected chi connectivity index (χ4v) is 19.4. The number of rotatable bonds is 8. The summed E-state index contributed by atoms with van der Waals surface area (Å²) in [6.07, 6.45) is 0. The minimum absolute atomic E-state index is 1.32.